The lowest BCUT2D eigenvalue weighted by molar-refractivity contribution is -0.117. The smallest absolute Gasteiger partial charge is 0.241 e. The molecule has 0 heterocycles. The van der Waals surface area contributed by atoms with Crippen LogP contribution in [0.15, 0.2) is 30.3 Å². The highest BCUT2D eigenvalue weighted by molar-refractivity contribution is 5.94. The van der Waals surface area contributed by atoms with E-state index in [0.717, 1.165) is 18.2 Å². The summed E-state index contributed by atoms with van der Waals surface area (Å²) in [4.78, 5) is 11.8. The molecule has 1 atom stereocenters. The number of hydrogen-bond acceptors (Lipinski definition) is 2. The van der Waals surface area contributed by atoms with Gasteiger partial charge in [0.05, 0.1) is 6.04 Å². The summed E-state index contributed by atoms with van der Waals surface area (Å²) in [6.07, 6.45) is 2.61. The Morgan fingerprint density at radius 1 is 1.38 bits per heavy atom. The Balaban J connectivity index is 1.77. The van der Waals surface area contributed by atoms with Crippen LogP contribution in [-0.2, 0) is 4.79 Å². The van der Waals surface area contributed by atoms with Gasteiger partial charge >= 0.3 is 0 Å². The van der Waals surface area contributed by atoms with Crippen LogP contribution >= 0.6 is 0 Å². The fourth-order valence-electron chi connectivity index (χ4n) is 1.53. The van der Waals surface area contributed by atoms with Crippen molar-refractivity contribution in [1.29, 1.82) is 0 Å². The Bertz CT molecular complexity index is 346. The van der Waals surface area contributed by atoms with Gasteiger partial charge in [-0.05, 0) is 44.4 Å². The fourth-order valence-corrected chi connectivity index (χ4v) is 1.53. The first-order chi connectivity index (χ1) is 7.75. The van der Waals surface area contributed by atoms with Crippen LogP contribution in [-0.4, -0.2) is 18.5 Å². The van der Waals surface area contributed by atoms with Crippen molar-refractivity contribution in [3.05, 3.63) is 30.3 Å². The Hall–Kier alpha value is -1.35. The molecule has 1 aromatic rings. The van der Waals surface area contributed by atoms with Gasteiger partial charge in [0, 0.05) is 5.69 Å². The minimum absolute atomic E-state index is 0.0341. The average molecular weight is 218 g/mol. The highest BCUT2D eigenvalue weighted by atomic mass is 16.2. The minimum Gasteiger partial charge on any atom is -0.325 e. The van der Waals surface area contributed by atoms with E-state index in [-0.39, 0.29) is 11.9 Å². The molecule has 86 valence electrons. The van der Waals surface area contributed by atoms with Crippen molar-refractivity contribution in [3.63, 3.8) is 0 Å². The van der Waals surface area contributed by atoms with Gasteiger partial charge in [-0.3, -0.25) is 4.79 Å². The van der Waals surface area contributed by atoms with Crippen LogP contribution in [0.1, 0.15) is 19.8 Å². The van der Waals surface area contributed by atoms with Gasteiger partial charge in [-0.2, -0.15) is 0 Å². The maximum Gasteiger partial charge on any atom is 0.241 e. The molecule has 3 heteroatoms. The largest absolute Gasteiger partial charge is 0.325 e. The van der Waals surface area contributed by atoms with E-state index in [4.69, 9.17) is 0 Å². The van der Waals surface area contributed by atoms with Gasteiger partial charge in [-0.1, -0.05) is 18.2 Å². The third-order valence-electron chi connectivity index (χ3n) is 2.84. The van der Waals surface area contributed by atoms with Gasteiger partial charge in [0.1, 0.15) is 0 Å². The minimum atomic E-state index is -0.124. The SMILES string of the molecule is CC(NCC1CC1)C(=O)Nc1ccccc1. The highest BCUT2D eigenvalue weighted by Gasteiger charge is 2.22. The zero-order valence-electron chi connectivity index (χ0n) is 9.57. The lowest BCUT2D eigenvalue weighted by atomic mass is 10.2. The van der Waals surface area contributed by atoms with Crippen LogP contribution in [0.2, 0.25) is 0 Å². The van der Waals surface area contributed by atoms with Crippen LogP contribution in [0, 0.1) is 5.92 Å². The van der Waals surface area contributed by atoms with Crippen molar-refractivity contribution in [2.45, 2.75) is 25.8 Å². The van der Waals surface area contributed by atoms with Gasteiger partial charge in [0.15, 0.2) is 0 Å². The molecule has 1 saturated carbocycles. The quantitative estimate of drug-likeness (QED) is 0.793. The average Bonchev–Trinajstić information content (AvgIpc) is 3.11. The van der Waals surface area contributed by atoms with Crippen molar-refractivity contribution in [2.24, 2.45) is 5.92 Å². The van der Waals surface area contributed by atoms with Gasteiger partial charge in [-0.15, -0.1) is 0 Å². The summed E-state index contributed by atoms with van der Waals surface area (Å²) in [5.74, 6) is 0.832. The standard InChI is InChI=1S/C13H18N2O/c1-10(14-9-11-7-8-11)13(16)15-12-5-3-2-4-6-12/h2-6,10-11,14H,7-9H2,1H3,(H,15,16). The number of hydrogen-bond donors (Lipinski definition) is 2. The van der Waals surface area contributed by atoms with Crippen molar-refractivity contribution < 1.29 is 4.79 Å². The first kappa shape index (κ1) is 11.1. The molecule has 0 spiro atoms. The number of benzene rings is 1. The van der Waals surface area contributed by atoms with E-state index >= 15 is 0 Å². The van der Waals surface area contributed by atoms with Crippen LogP contribution in [0.3, 0.4) is 0 Å². The summed E-state index contributed by atoms with van der Waals surface area (Å²) in [7, 11) is 0. The van der Waals surface area contributed by atoms with Gasteiger partial charge in [-0.25, -0.2) is 0 Å². The summed E-state index contributed by atoms with van der Waals surface area (Å²) < 4.78 is 0. The molecule has 1 aliphatic carbocycles. The molecule has 1 aliphatic rings. The Morgan fingerprint density at radius 2 is 2.06 bits per heavy atom. The number of para-hydroxylation sites is 1. The van der Waals surface area contributed by atoms with Crippen LogP contribution < -0.4 is 10.6 Å². The Kier molecular flexibility index (Phi) is 3.57. The number of anilines is 1. The maximum atomic E-state index is 11.8. The number of carbonyl (C=O) groups is 1. The summed E-state index contributed by atoms with van der Waals surface area (Å²) >= 11 is 0. The topological polar surface area (TPSA) is 41.1 Å². The Morgan fingerprint density at radius 3 is 2.69 bits per heavy atom. The molecule has 0 radical (unpaired) electrons. The van der Waals surface area contributed by atoms with Gasteiger partial charge in [0.25, 0.3) is 0 Å². The second-order valence-corrected chi connectivity index (χ2v) is 4.43. The van der Waals surface area contributed by atoms with E-state index < -0.39 is 0 Å². The van der Waals surface area contributed by atoms with E-state index in [9.17, 15) is 4.79 Å². The third kappa shape index (κ3) is 3.35. The molecule has 2 N–H and O–H groups in total. The molecule has 3 nitrogen and oxygen atoms in total. The normalized spacial score (nSPS) is 16.8. The molecule has 0 saturated heterocycles. The predicted octanol–water partition coefficient (Wildman–Crippen LogP) is 2.01. The molecule has 2 rings (SSSR count). The lowest BCUT2D eigenvalue weighted by Crippen LogP contribution is -2.39. The van der Waals surface area contributed by atoms with Crippen LogP contribution in [0.4, 0.5) is 5.69 Å². The first-order valence-corrected chi connectivity index (χ1v) is 5.85. The van der Waals surface area contributed by atoms with Crippen molar-refractivity contribution >= 4 is 11.6 Å². The van der Waals surface area contributed by atoms with Crippen molar-refractivity contribution in [2.75, 3.05) is 11.9 Å². The van der Waals surface area contributed by atoms with Crippen molar-refractivity contribution in [1.82, 2.24) is 5.32 Å². The number of rotatable bonds is 5. The molecule has 1 unspecified atom stereocenters. The van der Waals surface area contributed by atoms with E-state index in [2.05, 4.69) is 10.6 Å². The molecule has 1 amide bonds. The summed E-state index contributed by atoms with van der Waals surface area (Å²) in [6.45, 7) is 2.87. The third-order valence-corrected chi connectivity index (χ3v) is 2.84. The second kappa shape index (κ2) is 5.12. The maximum absolute atomic E-state index is 11.8. The monoisotopic (exact) mass is 218 g/mol. The molecule has 0 aromatic heterocycles. The summed E-state index contributed by atoms with van der Waals surface area (Å²) in [6, 6.07) is 9.43. The summed E-state index contributed by atoms with van der Waals surface area (Å²) in [5, 5.41) is 6.14. The highest BCUT2D eigenvalue weighted by Crippen LogP contribution is 2.27. The Labute approximate surface area is 96.2 Å². The number of amides is 1. The molecule has 0 bridgehead atoms. The first-order valence-electron chi connectivity index (χ1n) is 5.85. The molecule has 1 aromatic carbocycles. The zero-order chi connectivity index (χ0) is 11.4. The predicted molar refractivity (Wildman–Crippen MR) is 65.3 cm³/mol. The molecule has 16 heavy (non-hydrogen) atoms. The van der Waals surface area contributed by atoms with Crippen LogP contribution in [0.5, 0.6) is 0 Å². The lowest BCUT2D eigenvalue weighted by Gasteiger charge is -2.13. The molecular formula is C13H18N2O. The van der Waals surface area contributed by atoms with Crippen molar-refractivity contribution in [3.8, 4) is 0 Å². The van der Waals surface area contributed by atoms with Gasteiger partial charge < -0.3 is 10.6 Å². The molecule has 0 aliphatic heterocycles. The number of carbonyl (C=O) groups excluding carboxylic acids is 1. The van der Waals surface area contributed by atoms with Crippen LogP contribution in [0.25, 0.3) is 0 Å². The van der Waals surface area contributed by atoms with E-state index in [1.807, 2.05) is 37.3 Å². The van der Waals surface area contributed by atoms with Gasteiger partial charge in [0.2, 0.25) is 5.91 Å². The summed E-state index contributed by atoms with van der Waals surface area (Å²) in [5.41, 5.74) is 0.854. The number of nitrogens with one attached hydrogen (secondary N) is 2. The molecule has 1 fully saturated rings. The van der Waals surface area contributed by atoms with E-state index in [0.29, 0.717) is 0 Å². The second-order valence-electron chi connectivity index (χ2n) is 4.43. The van der Waals surface area contributed by atoms with E-state index in [1.54, 1.807) is 0 Å². The molecular weight excluding hydrogens is 200 g/mol. The van der Waals surface area contributed by atoms with E-state index in [1.165, 1.54) is 12.8 Å². The zero-order valence-corrected chi connectivity index (χ0v) is 9.57. The fraction of sp³-hybridized carbons (Fsp3) is 0.462.